The number of rotatable bonds is 3. The molecule has 2 aromatic rings. The van der Waals surface area contributed by atoms with Gasteiger partial charge >= 0.3 is 5.69 Å². The molecule has 0 saturated heterocycles. The third kappa shape index (κ3) is 2.39. The van der Waals surface area contributed by atoms with Crippen molar-refractivity contribution in [2.75, 3.05) is 5.32 Å². The summed E-state index contributed by atoms with van der Waals surface area (Å²) in [4.78, 5) is 10.4. The number of anilines is 2. The summed E-state index contributed by atoms with van der Waals surface area (Å²) in [5, 5.41) is 20.9. The number of aromatic amines is 1. The van der Waals surface area contributed by atoms with Gasteiger partial charge in [-0.25, -0.2) is 0 Å². The molecule has 0 amide bonds. The first-order chi connectivity index (χ1) is 8.49. The number of nitrogens with one attached hydrogen (secondary N) is 2. The Hall–Kier alpha value is -1.79. The first kappa shape index (κ1) is 12.7. The summed E-state index contributed by atoms with van der Waals surface area (Å²) in [7, 11) is 0. The highest BCUT2D eigenvalue weighted by Gasteiger charge is 2.22. The second kappa shape index (κ2) is 4.83. The summed E-state index contributed by atoms with van der Waals surface area (Å²) in [5.74, 6) is 0.0988. The van der Waals surface area contributed by atoms with Crippen molar-refractivity contribution in [1.82, 2.24) is 10.2 Å². The van der Waals surface area contributed by atoms with Gasteiger partial charge in [0.15, 0.2) is 0 Å². The van der Waals surface area contributed by atoms with Gasteiger partial charge in [-0.2, -0.15) is 0 Å². The molecule has 1 heterocycles. The van der Waals surface area contributed by atoms with E-state index < -0.39 is 4.92 Å². The van der Waals surface area contributed by atoms with Gasteiger partial charge in [0, 0.05) is 5.02 Å². The molecule has 0 radical (unpaired) electrons. The SMILES string of the molecule is Cc1[nH]nc(Nc2cc(Cl)ccc2Cl)c1[N+](=O)[O-]. The predicted octanol–water partition coefficient (Wildman–Crippen LogP) is 3.68. The normalized spacial score (nSPS) is 10.4. The maximum Gasteiger partial charge on any atom is 0.333 e. The minimum atomic E-state index is -0.514. The van der Waals surface area contributed by atoms with Crippen molar-refractivity contribution in [1.29, 1.82) is 0 Å². The zero-order valence-corrected chi connectivity index (χ0v) is 10.7. The van der Waals surface area contributed by atoms with Crippen molar-refractivity contribution in [3.05, 3.63) is 44.1 Å². The molecule has 0 aliphatic rings. The van der Waals surface area contributed by atoms with Crippen molar-refractivity contribution < 1.29 is 4.92 Å². The highest BCUT2D eigenvalue weighted by molar-refractivity contribution is 6.35. The van der Waals surface area contributed by atoms with Crippen LogP contribution in [0.3, 0.4) is 0 Å². The van der Waals surface area contributed by atoms with E-state index in [0.29, 0.717) is 21.4 Å². The van der Waals surface area contributed by atoms with Gasteiger partial charge in [0.05, 0.1) is 15.6 Å². The van der Waals surface area contributed by atoms with Crippen LogP contribution in [-0.4, -0.2) is 15.1 Å². The molecule has 0 fully saturated rings. The fourth-order valence-corrected chi connectivity index (χ4v) is 1.79. The smallest absolute Gasteiger partial charge is 0.332 e. The lowest BCUT2D eigenvalue weighted by Crippen LogP contribution is -1.97. The summed E-state index contributed by atoms with van der Waals surface area (Å²) in [6.07, 6.45) is 0. The predicted molar refractivity (Wildman–Crippen MR) is 69.7 cm³/mol. The molecule has 6 nitrogen and oxygen atoms in total. The zero-order valence-electron chi connectivity index (χ0n) is 9.20. The molecule has 2 rings (SSSR count). The fraction of sp³-hybridized carbons (Fsp3) is 0.100. The van der Waals surface area contributed by atoms with E-state index in [1.807, 2.05) is 0 Å². The Balaban J connectivity index is 2.40. The van der Waals surface area contributed by atoms with E-state index in [9.17, 15) is 10.1 Å². The minimum Gasteiger partial charge on any atom is -0.332 e. The van der Waals surface area contributed by atoms with Crippen LogP contribution < -0.4 is 5.32 Å². The standard InChI is InChI=1S/C10H8Cl2N4O2/c1-5-9(16(17)18)10(15-14-5)13-8-4-6(11)2-3-7(8)12/h2-4H,1H3,(H2,13,14,15). The highest BCUT2D eigenvalue weighted by atomic mass is 35.5. The van der Waals surface area contributed by atoms with E-state index in [0.717, 1.165) is 0 Å². The fourth-order valence-electron chi connectivity index (χ4n) is 1.45. The number of hydrogen-bond acceptors (Lipinski definition) is 4. The molecular weight excluding hydrogens is 279 g/mol. The van der Waals surface area contributed by atoms with Gasteiger partial charge in [0.1, 0.15) is 5.69 Å². The van der Waals surface area contributed by atoms with Crippen molar-refractivity contribution in [2.24, 2.45) is 0 Å². The average Bonchev–Trinajstić information content (AvgIpc) is 2.65. The molecule has 94 valence electrons. The Kier molecular flexibility index (Phi) is 3.40. The molecule has 0 aliphatic carbocycles. The summed E-state index contributed by atoms with van der Waals surface area (Å²) in [6, 6.07) is 4.79. The van der Waals surface area contributed by atoms with Gasteiger partial charge < -0.3 is 5.32 Å². The van der Waals surface area contributed by atoms with Crippen LogP contribution in [0.5, 0.6) is 0 Å². The molecular formula is C10H8Cl2N4O2. The van der Waals surface area contributed by atoms with Crippen LogP contribution in [0.25, 0.3) is 0 Å². The van der Waals surface area contributed by atoms with Crippen LogP contribution in [-0.2, 0) is 0 Å². The molecule has 0 spiro atoms. The second-order valence-electron chi connectivity index (χ2n) is 3.55. The number of aryl methyl sites for hydroxylation is 1. The van der Waals surface area contributed by atoms with E-state index >= 15 is 0 Å². The van der Waals surface area contributed by atoms with Crippen LogP contribution in [0.15, 0.2) is 18.2 Å². The Bertz CT molecular complexity index is 612. The quantitative estimate of drug-likeness (QED) is 0.666. The Morgan fingerprint density at radius 1 is 1.44 bits per heavy atom. The van der Waals surface area contributed by atoms with Gasteiger partial charge in [0.25, 0.3) is 0 Å². The Labute approximate surface area is 112 Å². The number of halogens is 2. The van der Waals surface area contributed by atoms with Gasteiger partial charge in [-0.3, -0.25) is 15.2 Å². The number of nitrogens with zero attached hydrogens (tertiary/aromatic N) is 2. The molecule has 0 saturated carbocycles. The van der Waals surface area contributed by atoms with Crippen LogP contribution in [0.1, 0.15) is 5.69 Å². The van der Waals surface area contributed by atoms with E-state index in [2.05, 4.69) is 15.5 Å². The van der Waals surface area contributed by atoms with E-state index in [4.69, 9.17) is 23.2 Å². The summed E-state index contributed by atoms with van der Waals surface area (Å²) >= 11 is 11.8. The average molecular weight is 287 g/mol. The van der Waals surface area contributed by atoms with E-state index in [-0.39, 0.29) is 11.5 Å². The molecule has 0 aliphatic heterocycles. The summed E-state index contributed by atoms with van der Waals surface area (Å²) < 4.78 is 0. The van der Waals surface area contributed by atoms with Crippen LogP contribution in [0.4, 0.5) is 17.2 Å². The minimum absolute atomic E-state index is 0.0988. The lowest BCUT2D eigenvalue weighted by atomic mass is 10.3. The first-order valence-corrected chi connectivity index (χ1v) is 5.66. The zero-order chi connectivity index (χ0) is 13.3. The molecule has 2 N–H and O–H groups in total. The van der Waals surface area contributed by atoms with Crippen LogP contribution in [0, 0.1) is 17.0 Å². The highest BCUT2D eigenvalue weighted by Crippen LogP contribution is 2.32. The van der Waals surface area contributed by atoms with Gasteiger partial charge in [-0.05, 0) is 25.1 Å². The molecule has 0 bridgehead atoms. The third-order valence-electron chi connectivity index (χ3n) is 2.28. The Morgan fingerprint density at radius 2 is 2.17 bits per heavy atom. The van der Waals surface area contributed by atoms with E-state index in [1.54, 1.807) is 25.1 Å². The molecule has 0 atom stereocenters. The summed E-state index contributed by atoms with van der Waals surface area (Å²) in [6.45, 7) is 1.57. The van der Waals surface area contributed by atoms with Crippen molar-refractivity contribution in [3.63, 3.8) is 0 Å². The first-order valence-electron chi connectivity index (χ1n) is 4.90. The number of aromatic nitrogens is 2. The maximum absolute atomic E-state index is 10.9. The van der Waals surface area contributed by atoms with Gasteiger partial charge in [-0.1, -0.05) is 23.2 Å². The molecule has 1 aromatic carbocycles. The number of H-pyrrole nitrogens is 1. The van der Waals surface area contributed by atoms with Crippen molar-refractivity contribution in [3.8, 4) is 0 Å². The largest absolute Gasteiger partial charge is 0.333 e. The lowest BCUT2D eigenvalue weighted by molar-refractivity contribution is -0.384. The molecule has 0 unspecified atom stereocenters. The van der Waals surface area contributed by atoms with Crippen LogP contribution >= 0.6 is 23.2 Å². The summed E-state index contributed by atoms with van der Waals surface area (Å²) in [5.41, 5.74) is 0.699. The topological polar surface area (TPSA) is 83.8 Å². The monoisotopic (exact) mass is 286 g/mol. The van der Waals surface area contributed by atoms with E-state index in [1.165, 1.54) is 0 Å². The van der Waals surface area contributed by atoms with Crippen molar-refractivity contribution in [2.45, 2.75) is 6.92 Å². The van der Waals surface area contributed by atoms with Crippen LogP contribution in [0.2, 0.25) is 10.0 Å². The molecule has 8 heteroatoms. The second-order valence-corrected chi connectivity index (χ2v) is 4.40. The molecule has 1 aromatic heterocycles. The number of nitro groups is 1. The third-order valence-corrected chi connectivity index (χ3v) is 2.84. The molecule has 18 heavy (non-hydrogen) atoms. The maximum atomic E-state index is 10.9. The van der Waals surface area contributed by atoms with Crippen molar-refractivity contribution >= 4 is 40.4 Å². The number of benzene rings is 1. The lowest BCUT2D eigenvalue weighted by Gasteiger charge is -2.05. The van der Waals surface area contributed by atoms with Gasteiger partial charge in [0.2, 0.25) is 5.82 Å². The number of hydrogen-bond donors (Lipinski definition) is 2. The van der Waals surface area contributed by atoms with Gasteiger partial charge in [-0.15, -0.1) is 5.10 Å². The Morgan fingerprint density at radius 3 is 2.83 bits per heavy atom.